The number of ether oxygens (including phenoxy) is 2. The van der Waals surface area contributed by atoms with E-state index in [9.17, 15) is 9.59 Å². The molecule has 0 aromatic carbocycles. The highest BCUT2D eigenvalue weighted by Gasteiger charge is 2.30. The third kappa shape index (κ3) is 4.92. The maximum atomic E-state index is 12.2. The second-order valence-electron chi connectivity index (χ2n) is 6.56. The van der Waals surface area contributed by atoms with Crippen LogP contribution in [-0.4, -0.2) is 47.2 Å². The number of piperidine rings is 1. The van der Waals surface area contributed by atoms with Crippen LogP contribution in [-0.2, 0) is 9.47 Å². The lowest BCUT2D eigenvalue weighted by molar-refractivity contribution is 0.0197. The van der Waals surface area contributed by atoms with Gasteiger partial charge in [0, 0.05) is 24.4 Å². The molecule has 7 heteroatoms. The van der Waals surface area contributed by atoms with Gasteiger partial charge in [-0.3, -0.25) is 0 Å². The molecule has 1 aromatic rings. The van der Waals surface area contributed by atoms with E-state index in [4.69, 9.17) is 9.47 Å². The first-order valence-corrected chi connectivity index (χ1v) is 8.78. The minimum absolute atomic E-state index is 0.143. The van der Waals surface area contributed by atoms with Crippen molar-refractivity contribution < 1.29 is 19.1 Å². The number of amides is 1. The van der Waals surface area contributed by atoms with Gasteiger partial charge in [0.2, 0.25) is 0 Å². The van der Waals surface area contributed by atoms with Crippen molar-refractivity contribution in [1.29, 1.82) is 0 Å². The summed E-state index contributed by atoms with van der Waals surface area (Å²) in [5, 5.41) is 2.60. The molecule has 1 aliphatic heterocycles. The summed E-state index contributed by atoms with van der Waals surface area (Å²) >= 11 is 1.45. The summed E-state index contributed by atoms with van der Waals surface area (Å²) in [6.07, 6.45) is 1.57. The predicted octanol–water partition coefficient (Wildman–Crippen LogP) is 3.43. The molecule has 128 valence electrons. The molecular weight excluding hydrogens is 316 g/mol. The number of aromatic nitrogens is 1. The van der Waals surface area contributed by atoms with E-state index in [1.165, 1.54) is 11.3 Å². The highest BCUT2D eigenvalue weighted by atomic mass is 32.1. The second kappa shape index (κ2) is 7.29. The Kier molecular flexibility index (Phi) is 5.62. The number of esters is 1. The fourth-order valence-corrected chi connectivity index (χ4v) is 3.36. The highest BCUT2D eigenvalue weighted by Crippen LogP contribution is 2.30. The fraction of sp³-hybridized carbons (Fsp3) is 0.688. The molecule has 23 heavy (non-hydrogen) atoms. The lowest BCUT2D eigenvalue weighted by Crippen LogP contribution is -2.42. The molecule has 0 radical (unpaired) electrons. The summed E-state index contributed by atoms with van der Waals surface area (Å²) in [6.45, 7) is 8.95. The van der Waals surface area contributed by atoms with Crippen LogP contribution in [0.1, 0.15) is 62.0 Å². The molecule has 1 fully saturated rings. The van der Waals surface area contributed by atoms with Crippen LogP contribution < -0.4 is 0 Å². The Morgan fingerprint density at radius 2 is 2.17 bits per heavy atom. The normalized spacial score (nSPS) is 18.6. The first-order chi connectivity index (χ1) is 10.8. The van der Waals surface area contributed by atoms with E-state index in [0.717, 1.165) is 17.8 Å². The summed E-state index contributed by atoms with van der Waals surface area (Å²) in [4.78, 5) is 30.0. The molecule has 1 atom stereocenters. The first-order valence-electron chi connectivity index (χ1n) is 7.90. The third-order valence-electron chi connectivity index (χ3n) is 3.43. The number of carbonyl (C=O) groups is 2. The van der Waals surface area contributed by atoms with Gasteiger partial charge in [-0.1, -0.05) is 0 Å². The zero-order valence-electron chi connectivity index (χ0n) is 14.1. The molecule has 2 heterocycles. The van der Waals surface area contributed by atoms with Gasteiger partial charge in [-0.2, -0.15) is 0 Å². The van der Waals surface area contributed by atoms with Gasteiger partial charge in [-0.05, 0) is 40.5 Å². The van der Waals surface area contributed by atoms with Crippen molar-refractivity contribution in [3.63, 3.8) is 0 Å². The van der Waals surface area contributed by atoms with Gasteiger partial charge < -0.3 is 14.4 Å². The van der Waals surface area contributed by atoms with Gasteiger partial charge in [0.1, 0.15) is 5.60 Å². The average molecular weight is 340 g/mol. The molecule has 1 aliphatic rings. The van der Waals surface area contributed by atoms with Gasteiger partial charge in [0.05, 0.1) is 11.6 Å². The maximum absolute atomic E-state index is 12.2. The van der Waals surface area contributed by atoms with E-state index in [-0.39, 0.29) is 12.0 Å². The van der Waals surface area contributed by atoms with Gasteiger partial charge in [0.15, 0.2) is 5.69 Å². The van der Waals surface area contributed by atoms with E-state index >= 15 is 0 Å². The monoisotopic (exact) mass is 340 g/mol. The van der Waals surface area contributed by atoms with E-state index in [0.29, 0.717) is 25.4 Å². The number of rotatable bonds is 3. The van der Waals surface area contributed by atoms with Crippen molar-refractivity contribution in [3.05, 3.63) is 16.1 Å². The molecule has 1 saturated heterocycles. The number of nitrogens with zero attached hydrogens (tertiary/aromatic N) is 2. The zero-order valence-corrected chi connectivity index (χ0v) is 14.9. The molecule has 0 aliphatic carbocycles. The fourth-order valence-electron chi connectivity index (χ4n) is 2.44. The topological polar surface area (TPSA) is 68.7 Å². The molecule has 0 spiro atoms. The molecule has 1 amide bonds. The van der Waals surface area contributed by atoms with Crippen molar-refractivity contribution >= 4 is 23.4 Å². The SMILES string of the molecule is CCOC(=O)c1csc([C@H]2CCCN(C(=O)OC(C)(C)C)C2)n1. The minimum Gasteiger partial charge on any atom is -0.461 e. The molecule has 6 nitrogen and oxygen atoms in total. The van der Waals surface area contributed by atoms with E-state index in [2.05, 4.69) is 4.98 Å². The van der Waals surface area contributed by atoms with Crippen LogP contribution in [0.15, 0.2) is 5.38 Å². The molecule has 0 N–H and O–H groups in total. The average Bonchev–Trinajstić information content (AvgIpc) is 2.96. The van der Waals surface area contributed by atoms with E-state index in [1.807, 2.05) is 20.8 Å². The van der Waals surface area contributed by atoms with Gasteiger partial charge in [-0.15, -0.1) is 11.3 Å². The lowest BCUT2D eigenvalue weighted by Gasteiger charge is -2.33. The molecule has 0 unspecified atom stereocenters. The Hall–Kier alpha value is -1.63. The number of likely N-dealkylation sites (tertiary alicyclic amines) is 1. The Morgan fingerprint density at radius 1 is 1.43 bits per heavy atom. The maximum Gasteiger partial charge on any atom is 0.410 e. The highest BCUT2D eigenvalue weighted by molar-refractivity contribution is 7.09. The van der Waals surface area contributed by atoms with E-state index in [1.54, 1.807) is 17.2 Å². The van der Waals surface area contributed by atoms with Crippen molar-refractivity contribution in [2.45, 2.75) is 52.1 Å². The van der Waals surface area contributed by atoms with Crippen molar-refractivity contribution in [2.75, 3.05) is 19.7 Å². The molecule has 1 aromatic heterocycles. The summed E-state index contributed by atoms with van der Waals surface area (Å²) in [5.41, 5.74) is -0.149. The van der Waals surface area contributed by atoms with Crippen molar-refractivity contribution in [3.8, 4) is 0 Å². The smallest absolute Gasteiger partial charge is 0.410 e. The summed E-state index contributed by atoms with van der Waals surface area (Å²) in [7, 11) is 0. The van der Waals surface area contributed by atoms with Crippen LogP contribution in [0.2, 0.25) is 0 Å². The van der Waals surface area contributed by atoms with Crippen molar-refractivity contribution in [2.24, 2.45) is 0 Å². The van der Waals surface area contributed by atoms with E-state index < -0.39 is 11.6 Å². The molecular formula is C16H24N2O4S. The quantitative estimate of drug-likeness (QED) is 0.789. The number of hydrogen-bond donors (Lipinski definition) is 0. The number of hydrogen-bond acceptors (Lipinski definition) is 6. The second-order valence-corrected chi connectivity index (χ2v) is 7.45. The third-order valence-corrected chi connectivity index (χ3v) is 4.44. The molecule has 0 bridgehead atoms. The minimum atomic E-state index is -0.498. The Morgan fingerprint density at radius 3 is 2.83 bits per heavy atom. The van der Waals surface area contributed by atoms with Crippen LogP contribution in [0.3, 0.4) is 0 Å². The molecule has 2 rings (SSSR count). The Labute approximate surface area is 140 Å². The van der Waals surface area contributed by atoms with Crippen LogP contribution in [0.4, 0.5) is 4.79 Å². The zero-order chi connectivity index (χ0) is 17.0. The van der Waals surface area contributed by atoms with Gasteiger partial charge in [0.25, 0.3) is 0 Å². The Balaban J connectivity index is 2.01. The van der Waals surface area contributed by atoms with Gasteiger partial charge >= 0.3 is 12.1 Å². The largest absolute Gasteiger partial charge is 0.461 e. The Bertz CT molecular complexity index is 565. The number of carbonyl (C=O) groups excluding carboxylic acids is 2. The summed E-state index contributed by atoms with van der Waals surface area (Å²) in [6, 6.07) is 0. The summed E-state index contributed by atoms with van der Waals surface area (Å²) < 4.78 is 10.4. The van der Waals surface area contributed by atoms with Crippen LogP contribution in [0.5, 0.6) is 0 Å². The molecule has 0 saturated carbocycles. The van der Waals surface area contributed by atoms with Crippen LogP contribution in [0.25, 0.3) is 0 Å². The van der Waals surface area contributed by atoms with Crippen molar-refractivity contribution in [1.82, 2.24) is 9.88 Å². The predicted molar refractivity (Wildman–Crippen MR) is 87.9 cm³/mol. The van der Waals surface area contributed by atoms with Crippen LogP contribution in [0, 0.1) is 0 Å². The standard InChI is InChI=1S/C16H24N2O4S/c1-5-21-14(19)12-10-23-13(17-12)11-7-6-8-18(9-11)15(20)22-16(2,3)4/h10-11H,5-9H2,1-4H3/t11-/m0/s1. The lowest BCUT2D eigenvalue weighted by atomic mass is 9.99. The first kappa shape index (κ1) is 17.7. The number of thiazole rings is 1. The van der Waals surface area contributed by atoms with Crippen LogP contribution >= 0.6 is 11.3 Å². The summed E-state index contributed by atoms with van der Waals surface area (Å²) in [5.74, 6) is -0.251. The van der Waals surface area contributed by atoms with Gasteiger partial charge in [-0.25, -0.2) is 14.6 Å².